The Kier molecular flexibility index (Phi) is 6.50. The molecule has 8 heteroatoms. The summed E-state index contributed by atoms with van der Waals surface area (Å²) in [6, 6.07) is 12.7. The van der Waals surface area contributed by atoms with Crippen LogP contribution in [-0.4, -0.2) is 41.7 Å². The van der Waals surface area contributed by atoms with Crippen molar-refractivity contribution in [3.63, 3.8) is 0 Å². The highest BCUT2D eigenvalue weighted by Crippen LogP contribution is 2.29. The van der Waals surface area contributed by atoms with Crippen molar-refractivity contribution >= 4 is 11.2 Å². The fraction of sp³-hybridized carbons (Fsp3) is 0.448. The monoisotopic (exact) mass is 497 g/mol. The Morgan fingerprint density at radius 1 is 1.14 bits per heavy atom. The minimum Gasteiger partial charge on any atom is -0.332 e. The third-order valence-electron chi connectivity index (χ3n) is 7.31. The van der Waals surface area contributed by atoms with E-state index in [-0.39, 0.29) is 11.1 Å². The fourth-order valence-electron chi connectivity index (χ4n) is 5.42. The molecule has 5 rings (SSSR count). The molecule has 1 aliphatic heterocycles. The molecule has 0 bridgehead atoms. The smallest absolute Gasteiger partial charge is 0.330 e. The van der Waals surface area contributed by atoms with Gasteiger partial charge in [-0.05, 0) is 55.0 Å². The first-order chi connectivity index (χ1) is 17.6. The second-order valence-corrected chi connectivity index (χ2v) is 11.5. The number of benzene rings is 1. The topological polar surface area (TPSA) is 84.7 Å². The van der Waals surface area contributed by atoms with Crippen molar-refractivity contribution in [2.45, 2.75) is 59.7 Å². The molecule has 192 valence electrons. The first-order valence-corrected chi connectivity index (χ1v) is 12.9. The minimum absolute atomic E-state index is 0.0366. The molecule has 4 heterocycles. The number of rotatable bonds is 5. The van der Waals surface area contributed by atoms with Crippen LogP contribution >= 0.6 is 0 Å². The molecule has 37 heavy (non-hydrogen) atoms. The van der Waals surface area contributed by atoms with Gasteiger partial charge in [-0.2, -0.15) is 5.26 Å². The van der Waals surface area contributed by atoms with E-state index in [0.29, 0.717) is 29.5 Å². The summed E-state index contributed by atoms with van der Waals surface area (Å²) in [4.78, 5) is 24.6. The average molecular weight is 498 g/mol. The Hall–Kier alpha value is -3.70. The van der Waals surface area contributed by atoms with E-state index in [2.05, 4.69) is 54.3 Å². The van der Waals surface area contributed by atoms with Crippen LogP contribution in [-0.2, 0) is 20.1 Å². The summed E-state index contributed by atoms with van der Waals surface area (Å²) in [5.41, 5.74) is 5.83. The van der Waals surface area contributed by atoms with Crippen LogP contribution in [0.4, 0.5) is 0 Å². The summed E-state index contributed by atoms with van der Waals surface area (Å²) in [6.45, 7) is 11.9. The predicted molar refractivity (Wildman–Crippen MR) is 145 cm³/mol. The van der Waals surface area contributed by atoms with E-state index in [1.54, 1.807) is 16.2 Å². The molecule has 8 nitrogen and oxygen atoms in total. The number of hydrogen-bond acceptors (Lipinski definition) is 5. The Labute approximate surface area is 217 Å². The van der Waals surface area contributed by atoms with Crippen molar-refractivity contribution in [1.29, 1.82) is 5.26 Å². The molecule has 0 N–H and O–H groups in total. The van der Waals surface area contributed by atoms with Gasteiger partial charge in [-0.15, -0.1) is 0 Å². The van der Waals surface area contributed by atoms with E-state index in [0.717, 1.165) is 49.1 Å². The Morgan fingerprint density at radius 3 is 2.54 bits per heavy atom. The van der Waals surface area contributed by atoms with E-state index >= 15 is 0 Å². The first-order valence-electron chi connectivity index (χ1n) is 12.9. The number of aryl methyl sites for hydroxylation is 2. The summed E-state index contributed by atoms with van der Waals surface area (Å²) >= 11 is 0. The van der Waals surface area contributed by atoms with E-state index in [1.165, 1.54) is 5.69 Å². The lowest BCUT2D eigenvalue weighted by Crippen LogP contribution is -2.34. The third kappa shape index (κ3) is 4.96. The number of nitrogens with zero attached hydrogens (tertiary/aromatic N) is 7. The number of fused-ring (bicyclic) bond motifs is 1. The van der Waals surface area contributed by atoms with Crippen molar-refractivity contribution in [2.75, 3.05) is 13.1 Å². The van der Waals surface area contributed by atoms with Gasteiger partial charge in [0, 0.05) is 56.7 Å². The van der Waals surface area contributed by atoms with Gasteiger partial charge in [0.1, 0.15) is 0 Å². The molecule has 0 radical (unpaired) electrons. The second-order valence-electron chi connectivity index (χ2n) is 11.5. The van der Waals surface area contributed by atoms with E-state index in [4.69, 9.17) is 4.98 Å². The maximum Gasteiger partial charge on any atom is 0.330 e. The number of nitriles is 1. The van der Waals surface area contributed by atoms with Crippen LogP contribution in [0.1, 0.15) is 56.5 Å². The summed E-state index contributed by atoms with van der Waals surface area (Å²) in [6.07, 6.45) is 6.06. The molecule has 0 spiro atoms. The van der Waals surface area contributed by atoms with Crippen LogP contribution in [0.15, 0.2) is 47.7 Å². The van der Waals surface area contributed by atoms with Crippen molar-refractivity contribution in [3.8, 4) is 17.3 Å². The molecule has 1 fully saturated rings. The van der Waals surface area contributed by atoms with Gasteiger partial charge in [0.25, 0.3) is 0 Å². The number of likely N-dealkylation sites (tertiary alicyclic amines) is 1. The second kappa shape index (κ2) is 9.64. The summed E-state index contributed by atoms with van der Waals surface area (Å²) in [5.74, 6) is 0. The van der Waals surface area contributed by atoms with Gasteiger partial charge in [-0.25, -0.2) is 14.8 Å². The summed E-state index contributed by atoms with van der Waals surface area (Å²) in [5, 5.41) is 9.82. The van der Waals surface area contributed by atoms with Crippen LogP contribution in [0.2, 0.25) is 0 Å². The molecule has 0 aliphatic carbocycles. The van der Waals surface area contributed by atoms with Crippen molar-refractivity contribution < 1.29 is 0 Å². The third-order valence-corrected chi connectivity index (χ3v) is 7.31. The Balaban J connectivity index is 1.40. The molecule has 0 saturated carbocycles. The highest BCUT2D eigenvalue weighted by atomic mass is 16.1. The minimum atomic E-state index is -0.0712. The molecule has 1 aromatic carbocycles. The quantitative estimate of drug-likeness (QED) is 0.400. The Bertz CT molecular complexity index is 1540. The predicted octanol–water partition coefficient (Wildman–Crippen LogP) is 4.66. The van der Waals surface area contributed by atoms with Gasteiger partial charge in [-0.3, -0.25) is 14.0 Å². The Morgan fingerprint density at radius 2 is 1.89 bits per heavy atom. The van der Waals surface area contributed by atoms with Gasteiger partial charge in [0.05, 0.1) is 29.2 Å². The van der Waals surface area contributed by atoms with E-state index < -0.39 is 0 Å². The zero-order chi connectivity index (χ0) is 26.3. The molecule has 0 atom stereocenters. The molecule has 1 aliphatic rings. The number of piperidine rings is 1. The number of imidazole rings is 2. The van der Waals surface area contributed by atoms with Gasteiger partial charge in [-0.1, -0.05) is 26.8 Å². The van der Waals surface area contributed by atoms with Crippen LogP contribution in [0.3, 0.4) is 0 Å². The highest BCUT2D eigenvalue weighted by molar-refractivity contribution is 5.78. The lowest BCUT2D eigenvalue weighted by molar-refractivity contribution is 0.178. The molecule has 0 unspecified atom stereocenters. The molecule has 3 aromatic heterocycles. The van der Waals surface area contributed by atoms with Crippen LogP contribution in [0.25, 0.3) is 22.4 Å². The first kappa shape index (κ1) is 25.0. The number of aromatic nitrogens is 5. The van der Waals surface area contributed by atoms with Gasteiger partial charge >= 0.3 is 5.69 Å². The highest BCUT2D eigenvalue weighted by Gasteiger charge is 2.22. The normalized spacial score (nSPS) is 15.4. The number of hydrogen-bond donors (Lipinski definition) is 0. The molecule has 1 saturated heterocycles. The standard InChI is InChI=1S/C29H35N7O/c1-20-16-31-19-36(20)23-10-12-34(13-11-23)17-21-6-7-22(15-30)24(14-21)25-8-9-26-27(32-25)33(5)28(37)35(26)18-29(2,3)4/h6-9,14,16,19,23H,10-13,17-18H2,1-5H3. The van der Waals surface area contributed by atoms with Crippen LogP contribution in [0, 0.1) is 23.7 Å². The molecule has 0 amide bonds. The van der Waals surface area contributed by atoms with Gasteiger partial charge < -0.3 is 4.57 Å². The van der Waals surface area contributed by atoms with Gasteiger partial charge in [0.15, 0.2) is 5.65 Å². The lowest BCUT2D eigenvalue weighted by atomic mass is 9.97. The van der Waals surface area contributed by atoms with Crippen molar-refractivity contribution in [1.82, 2.24) is 28.6 Å². The van der Waals surface area contributed by atoms with Gasteiger partial charge in [0.2, 0.25) is 0 Å². The summed E-state index contributed by atoms with van der Waals surface area (Å²) < 4.78 is 5.69. The van der Waals surface area contributed by atoms with Crippen molar-refractivity contribution in [3.05, 3.63) is 70.2 Å². The lowest BCUT2D eigenvalue weighted by Gasteiger charge is -2.33. The van der Waals surface area contributed by atoms with Crippen molar-refractivity contribution in [2.24, 2.45) is 12.5 Å². The summed E-state index contributed by atoms with van der Waals surface area (Å²) in [7, 11) is 1.76. The largest absolute Gasteiger partial charge is 0.332 e. The zero-order valence-electron chi connectivity index (χ0n) is 22.4. The number of pyridine rings is 1. The molecule has 4 aromatic rings. The SMILES string of the molecule is Cc1cncn1C1CCN(Cc2ccc(C#N)c(-c3ccc4c(n3)n(C)c(=O)n4CC(C)(C)C)c2)CC1. The maximum atomic E-state index is 13.0. The zero-order valence-corrected chi connectivity index (χ0v) is 22.4. The van der Waals surface area contributed by atoms with E-state index in [1.807, 2.05) is 36.8 Å². The van der Waals surface area contributed by atoms with Crippen LogP contribution < -0.4 is 5.69 Å². The maximum absolute atomic E-state index is 13.0. The van der Waals surface area contributed by atoms with E-state index in [9.17, 15) is 10.1 Å². The average Bonchev–Trinajstić information content (AvgIpc) is 3.40. The molecular weight excluding hydrogens is 462 g/mol. The molecular formula is C29H35N7O. The fourth-order valence-corrected chi connectivity index (χ4v) is 5.42. The van der Waals surface area contributed by atoms with Crippen LogP contribution in [0.5, 0.6) is 0 Å².